The lowest BCUT2D eigenvalue weighted by Crippen LogP contribution is -2.19. The zero-order valence-electron chi connectivity index (χ0n) is 16.1. The van der Waals surface area contributed by atoms with E-state index in [0.717, 1.165) is 6.20 Å². The van der Waals surface area contributed by atoms with Crippen molar-refractivity contribution in [1.29, 1.82) is 0 Å². The molecule has 3 rings (SSSR count). The molecule has 0 bridgehead atoms. The number of aromatic nitrogens is 2. The van der Waals surface area contributed by atoms with Gasteiger partial charge in [0.2, 0.25) is 0 Å². The van der Waals surface area contributed by atoms with Gasteiger partial charge in [0.15, 0.2) is 0 Å². The van der Waals surface area contributed by atoms with Crippen molar-refractivity contribution >= 4 is 34.9 Å². The van der Waals surface area contributed by atoms with E-state index in [0.29, 0.717) is 23.0 Å². The van der Waals surface area contributed by atoms with Crippen molar-refractivity contribution in [3.8, 4) is 5.75 Å². The maximum absolute atomic E-state index is 13.1. The third-order valence-electron chi connectivity index (χ3n) is 4.08. The van der Waals surface area contributed by atoms with E-state index < -0.39 is 11.8 Å². The molecule has 0 aliphatic rings. The monoisotopic (exact) mass is 411 g/mol. The molecular weight excluding hydrogens is 393 g/mol. The van der Waals surface area contributed by atoms with Crippen molar-refractivity contribution < 1.29 is 23.8 Å². The lowest BCUT2D eigenvalue weighted by molar-refractivity contribution is 0.0696. The maximum atomic E-state index is 13.1. The topological polar surface area (TPSA) is 125 Å². The summed E-state index contributed by atoms with van der Waals surface area (Å²) in [7, 11) is 2.90. The number of carboxylic acids is 1. The molecule has 4 N–H and O–H groups in total. The van der Waals surface area contributed by atoms with Crippen LogP contribution in [0.4, 0.5) is 27.4 Å². The van der Waals surface area contributed by atoms with Crippen LogP contribution in [0.3, 0.4) is 0 Å². The normalized spacial score (nSPS) is 10.2. The Morgan fingerprint density at radius 3 is 2.40 bits per heavy atom. The van der Waals surface area contributed by atoms with Gasteiger partial charge in [-0.05, 0) is 30.3 Å². The predicted octanol–water partition coefficient (Wildman–Crippen LogP) is 3.17. The number of methoxy groups -OCH3 is 1. The molecular formula is C20H18FN5O4. The third kappa shape index (κ3) is 4.61. The fraction of sp³-hybridized carbons (Fsp3) is 0.100. The average Bonchev–Trinajstić information content (AvgIpc) is 2.75. The Balaban J connectivity index is 1.97. The van der Waals surface area contributed by atoms with Crippen LogP contribution in [0.1, 0.15) is 20.7 Å². The van der Waals surface area contributed by atoms with Gasteiger partial charge < -0.3 is 25.8 Å². The van der Waals surface area contributed by atoms with Gasteiger partial charge in [0.1, 0.15) is 23.2 Å². The van der Waals surface area contributed by atoms with Crippen molar-refractivity contribution in [2.45, 2.75) is 0 Å². The number of ether oxygens (including phenoxy) is 1. The summed E-state index contributed by atoms with van der Waals surface area (Å²) in [6.07, 6.45) is 2.43. The van der Waals surface area contributed by atoms with Gasteiger partial charge in [0.25, 0.3) is 5.91 Å². The number of nitrogens with zero attached hydrogens (tertiary/aromatic N) is 2. The number of benzene rings is 1. The first-order valence-corrected chi connectivity index (χ1v) is 8.70. The Morgan fingerprint density at radius 1 is 1.00 bits per heavy atom. The maximum Gasteiger partial charge on any atom is 0.335 e. The standard InChI is InChI=1S/C20H18FN5O4/c1-22-19(27)13-10-24-18(26-17-6-4-12(21)9-23-17)8-15(13)25-14-5-3-11(20(28)29)7-16(14)30-2/h3-10H,1-2H3,(H,22,27)(H,28,29)(H2,23,24,25,26). The van der Waals surface area contributed by atoms with Gasteiger partial charge in [-0.3, -0.25) is 4.79 Å². The molecule has 0 fully saturated rings. The summed E-state index contributed by atoms with van der Waals surface area (Å²) in [6.45, 7) is 0. The molecule has 0 aliphatic carbocycles. The minimum absolute atomic E-state index is 0.0587. The Bertz CT molecular complexity index is 1090. The summed E-state index contributed by atoms with van der Waals surface area (Å²) in [5.74, 6) is -0.936. The number of nitrogens with one attached hydrogen (secondary N) is 3. The molecule has 1 aromatic carbocycles. The van der Waals surface area contributed by atoms with Crippen LogP contribution in [0.2, 0.25) is 0 Å². The number of aromatic carboxylic acids is 1. The first-order valence-electron chi connectivity index (χ1n) is 8.70. The number of anilines is 4. The molecule has 2 aromatic heterocycles. The van der Waals surface area contributed by atoms with Crippen molar-refractivity contribution in [3.63, 3.8) is 0 Å². The van der Waals surface area contributed by atoms with E-state index in [2.05, 4.69) is 25.9 Å². The third-order valence-corrected chi connectivity index (χ3v) is 4.08. The molecule has 0 radical (unpaired) electrons. The lowest BCUT2D eigenvalue weighted by Gasteiger charge is -2.16. The second-order valence-electron chi connectivity index (χ2n) is 6.03. The highest BCUT2D eigenvalue weighted by Crippen LogP contribution is 2.31. The van der Waals surface area contributed by atoms with Gasteiger partial charge in [-0.1, -0.05) is 0 Å². The minimum Gasteiger partial charge on any atom is -0.495 e. The van der Waals surface area contributed by atoms with E-state index in [1.54, 1.807) is 6.07 Å². The molecule has 2 heterocycles. The summed E-state index contributed by atoms with van der Waals surface area (Å²) in [5, 5.41) is 17.7. The molecule has 0 aliphatic heterocycles. The molecule has 30 heavy (non-hydrogen) atoms. The molecule has 0 unspecified atom stereocenters. The lowest BCUT2D eigenvalue weighted by atomic mass is 10.1. The van der Waals surface area contributed by atoms with E-state index in [-0.39, 0.29) is 22.8 Å². The quantitative estimate of drug-likeness (QED) is 0.467. The summed E-state index contributed by atoms with van der Waals surface area (Å²) in [5.41, 5.74) is 1.14. The van der Waals surface area contributed by atoms with Gasteiger partial charge in [-0.2, -0.15) is 0 Å². The highest BCUT2D eigenvalue weighted by molar-refractivity contribution is 6.00. The van der Waals surface area contributed by atoms with Crippen molar-refractivity contribution in [1.82, 2.24) is 15.3 Å². The second-order valence-corrected chi connectivity index (χ2v) is 6.03. The molecule has 154 valence electrons. The van der Waals surface area contributed by atoms with E-state index >= 15 is 0 Å². The molecule has 0 saturated heterocycles. The fourth-order valence-corrected chi connectivity index (χ4v) is 2.60. The van der Waals surface area contributed by atoms with Crippen LogP contribution in [0, 0.1) is 5.82 Å². The largest absolute Gasteiger partial charge is 0.495 e. The summed E-state index contributed by atoms with van der Waals surface area (Å²) in [6, 6.07) is 8.58. The SMILES string of the molecule is CNC(=O)c1cnc(Nc2ccc(F)cn2)cc1Nc1ccc(C(=O)O)cc1OC. The Labute approximate surface area is 170 Å². The van der Waals surface area contributed by atoms with Crippen LogP contribution >= 0.6 is 0 Å². The Morgan fingerprint density at radius 2 is 1.77 bits per heavy atom. The first kappa shape index (κ1) is 20.5. The molecule has 0 spiro atoms. The summed E-state index contributed by atoms with van der Waals surface area (Å²) >= 11 is 0. The molecule has 1 amide bonds. The van der Waals surface area contributed by atoms with Gasteiger partial charge >= 0.3 is 5.97 Å². The zero-order chi connectivity index (χ0) is 21.7. The molecule has 3 aromatic rings. The number of pyridine rings is 2. The molecule has 0 saturated carbocycles. The average molecular weight is 411 g/mol. The number of rotatable bonds is 7. The first-order chi connectivity index (χ1) is 14.4. The van der Waals surface area contributed by atoms with Crippen LogP contribution in [0.25, 0.3) is 0 Å². The van der Waals surface area contributed by atoms with E-state index in [1.807, 2.05) is 0 Å². The summed E-state index contributed by atoms with van der Waals surface area (Å²) < 4.78 is 18.3. The number of carbonyl (C=O) groups is 2. The zero-order valence-corrected chi connectivity index (χ0v) is 16.1. The number of hydrogen-bond acceptors (Lipinski definition) is 7. The molecule has 10 heteroatoms. The van der Waals surface area contributed by atoms with Crippen LogP contribution in [0.5, 0.6) is 5.75 Å². The van der Waals surface area contributed by atoms with E-state index in [1.165, 1.54) is 50.7 Å². The molecule has 0 atom stereocenters. The number of carbonyl (C=O) groups excluding carboxylic acids is 1. The second kappa shape index (κ2) is 8.86. The molecule has 9 nitrogen and oxygen atoms in total. The Hall–Kier alpha value is -4.21. The van der Waals surface area contributed by atoms with Crippen molar-refractivity contribution in [2.75, 3.05) is 24.8 Å². The fourth-order valence-electron chi connectivity index (χ4n) is 2.60. The van der Waals surface area contributed by atoms with Crippen LogP contribution in [-0.4, -0.2) is 41.1 Å². The highest BCUT2D eigenvalue weighted by Gasteiger charge is 2.15. The predicted molar refractivity (Wildman–Crippen MR) is 108 cm³/mol. The number of amides is 1. The van der Waals surface area contributed by atoms with E-state index in [9.17, 15) is 14.0 Å². The Kier molecular flexibility index (Phi) is 6.06. The van der Waals surface area contributed by atoms with Crippen molar-refractivity contribution in [2.24, 2.45) is 0 Å². The summed E-state index contributed by atoms with van der Waals surface area (Å²) in [4.78, 5) is 31.5. The smallest absolute Gasteiger partial charge is 0.335 e. The number of hydrogen-bond donors (Lipinski definition) is 4. The van der Waals surface area contributed by atoms with Gasteiger partial charge in [0, 0.05) is 19.3 Å². The van der Waals surface area contributed by atoms with Gasteiger partial charge in [-0.25, -0.2) is 19.2 Å². The van der Waals surface area contributed by atoms with E-state index in [4.69, 9.17) is 9.84 Å². The number of carboxylic acid groups (broad SMARTS) is 1. The van der Waals surface area contributed by atoms with Crippen LogP contribution in [0.15, 0.2) is 48.8 Å². The van der Waals surface area contributed by atoms with Crippen LogP contribution in [-0.2, 0) is 0 Å². The minimum atomic E-state index is -1.09. The van der Waals surface area contributed by atoms with Crippen LogP contribution < -0.4 is 20.7 Å². The van der Waals surface area contributed by atoms with Gasteiger partial charge in [-0.15, -0.1) is 0 Å². The number of halogens is 1. The van der Waals surface area contributed by atoms with Gasteiger partial charge in [0.05, 0.1) is 35.8 Å². The van der Waals surface area contributed by atoms with Crippen molar-refractivity contribution in [3.05, 3.63) is 65.7 Å². The highest BCUT2D eigenvalue weighted by atomic mass is 19.1.